The summed E-state index contributed by atoms with van der Waals surface area (Å²) in [5.41, 5.74) is 4.49. The van der Waals surface area contributed by atoms with Crippen LogP contribution in [0.15, 0.2) is 74.7 Å². The standard InChI is InChI=1S/C24H19Br2Cl2N3O3/c1-14(30-24(33)17-4-2-3-5-18(17)25)23(32)31-29-12-15-7-9-22(19(26)10-15)34-13-16-6-8-20(27)21(28)11-16/h2-12,14H,13H2,1H3,(H,30,33)(H,31,32). The molecule has 0 aliphatic carbocycles. The molecule has 10 heteroatoms. The van der Waals surface area contributed by atoms with Gasteiger partial charge in [-0.3, -0.25) is 9.59 Å². The molecule has 0 spiro atoms. The number of benzene rings is 3. The molecule has 0 aromatic heterocycles. The first kappa shape index (κ1) is 26.2. The Morgan fingerprint density at radius 1 is 1.03 bits per heavy atom. The summed E-state index contributed by atoms with van der Waals surface area (Å²) in [6, 6.07) is 16.9. The van der Waals surface area contributed by atoms with Crippen LogP contribution in [0.25, 0.3) is 0 Å². The minimum absolute atomic E-state index is 0.322. The highest BCUT2D eigenvalue weighted by atomic mass is 79.9. The second-order valence-electron chi connectivity index (χ2n) is 7.14. The van der Waals surface area contributed by atoms with Crippen LogP contribution in [0.2, 0.25) is 10.0 Å². The molecule has 1 atom stereocenters. The van der Waals surface area contributed by atoms with E-state index in [1.54, 1.807) is 61.5 Å². The van der Waals surface area contributed by atoms with E-state index >= 15 is 0 Å². The van der Waals surface area contributed by atoms with Crippen molar-refractivity contribution in [2.75, 3.05) is 0 Å². The van der Waals surface area contributed by atoms with Crippen LogP contribution in [0.1, 0.15) is 28.4 Å². The van der Waals surface area contributed by atoms with Gasteiger partial charge in [0.1, 0.15) is 18.4 Å². The van der Waals surface area contributed by atoms with Crippen LogP contribution in [0, 0.1) is 0 Å². The molecule has 0 bridgehead atoms. The SMILES string of the molecule is CC(NC(=O)c1ccccc1Br)C(=O)NN=Cc1ccc(OCc2ccc(Cl)c(Cl)c2)c(Br)c1. The molecule has 34 heavy (non-hydrogen) atoms. The molecule has 0 saturated carbocycles. The first-order valence-electron chi connectivity index (χ1n) is 9.99. The van der Waals surface area contributed by atoms with Gasteiger partial charge in [0.2, 0.25) is 0 Å². The lowest BCUT2D eigenvalue weighted by molar-refractivity contribution is -0.122. The molecular weight excluding hydrogens is 609 g/mol. The Labute approximate surface area is 223 Å². The molecule has 3 aromatic rings. The van der Waals surface area contributed by atoms with Crippen molar-refractivity contribution in [2.45, 2.75) is 19.6 Å². The molecule has 3 aromatic carbocycles. The Morgan fingerprint density at radius 2 is 1.79 bits per heavy atom. The van der Waals surface area contributed by atoms with Crippen molar-refractivity contribution in [1.29, 1.82) is 0 Å². The quantitative estimate of drug-likeness (QED) is 0.225. The van der Waals surface area contributed by atoms with Gasteiger partial charge >= 0.3 is 0 Å². The third kappa shape index (κ3) is 7.30. The number of amides is 2. The molecule has 0 fully saturated rings. The molecule has 2 amide bonds. The van der Waals surface area contributed by atoms with E-state index in [9.17, 15) is 9.59 Å². The van der Waals surface area contributed by atoms with Crippen molar-refractivity contribution in [2.24, 2.45) is 5.10 Å². The van der Waals surface area contributed by atoms with Gasteiger partial charge in [-0.1, -0.05) is 41.4 Å². The van der Waals surface area contributed by atoms with Crippen LogP contribution in [-0.4, -0.2) is 24.1 Å². The molecule has 3 rings (SSSR count). The lowest BCUT2D eigenvalue weighted by Crippen LogP contribution is -2.43. The third-order valence-corrected chi connectivity index (χ3v) is 6.63. The summed E-state index contributed by atoms with van der Waals surface area (Å²) in [6.07, 6.45) is 1.49. The van der Waals surface area contributed by atoms with E-state index in [0.717, 1.165) is 15.6 Å². The molecule has 1 unspecified atom stereocenters. The monoisotopic (exact) mass is 625 g/mol. The highest BCUT2D eigenvalue weighted by molar-refractivity contribution is 9.10. The molecule has 6 nitrogen and oxygen atoms in total. The van der Waals surface area contributed by atoms with Gasteiger partial charge in [0.05, 0.1) is 26.3 Å². The number of ether oxygens (including phenoxy) is 1. The normalized spacial score (nSPS) is 11.8. The summed E-state index contributed by atoms with van der Waals surface area (Å²) in [7, 11) is 0. The zero-order chi connectivity index (χ0) is 24.7. The minimum atomic E-state index is -0.777. The van der Waals surface area contributed by atoms with Crippen LogP contribution >= 0.6 is 55.1 Å². The van der Waals surface area contributed by atoms with E-state index in [1.165, 1.54) is 6.21 Å². The van der Waals surface area contributed by atoms with E-state index in [-0.39, 0.29) is 5.91 Å². The van der Waals surface area contributed by atoms with Crippen molar-refractivity contribution in [3.05, 3.63) is 96.3 Å². The molecule has 0 aliphatic heterocycles. The maximum Gasteiger partial charge on any atom is 0.262 e. The van der Waals surface area contributed by atoms with Crippen molar-refractivity contribution in [1.82, 2.24) is 10.7 Å². The summed E-state index contributed by atoms with van der Waals surface area (Å²) < 4.78 is 7.19. The number of hydrogen-bond acceptors (Lipinski definition) is 4. The number of nitrogens with zero attached hydrogens (tertiary/aromatic N) is 1. The lowest BCUT2D eigenvalue weighted by Gasteiger charge is -2.13. The topological polar surface area (TPSA) is 79.8 Å². The molecule has 2 N–H and O–H groups in total. The Morgan fingerprint density at radius 3 is 2.50 bits per heavy atom. The van der Waals surface area contributed by atoms with Crippen molar-refractivity contribution in [3.63, 3.8) is 0 Å². The molecule has 0 saturated heterocycles. The number of carbonyl (C=O) groups excluding carboxylic acids is 2. The average molecular weight is 628 g/mol. The van der Waals surface area contributed by atoms with Gasteiger partial charge in [0, 0.05) is 4.47 Å². The first-order valence-corrected chi connectivity index (χ1v) is 12.3. The van der Waals surface area contributed by atoms with Gasteiger partial charge in [-0.2, -0.15) is 5.10 Å². The van der Waals surface area contributed by atoms with Crippen LogP contribution < -0.4 is 15.5 Å². The van der Waals surface area contributed by atoms with E-state index in [1.807, 2.05) is 6.07 Å². The first-order chi connectivity index (χ1) is 16.2. The number of hydrazone groups is 1. The van der Waals surface area contributed by atoms with Gasteiger partial charge in [0.25, 0.3) is 11.8 Å². The van der Waals surface area contributed by atoms with Crippen molar-refractivity contribution < 1.29 is 14.3 Å². The zero-order valence-electron chi connectivity index (χ0n) is 17.8. The predicted molar refractivity (Wildman–Crippen MR) is 142 cm³/mol. The Balaban J connectivity index is 1.52. The highest BCUT2D eigenvalue weighted by Gasteiger charge is 2.17. The van der Waals surface area contributed by atoms with E-state index in [4.69, 9.17) is 27.9 Å². The second kappa shape index (κ2) is 12.4. The van der Waals surface area contributed by atoms with Gasteiger partial charge < -0.3 is 10.1 Å². The fraction of sp³-hybridized carbons (Fsp3) is 0.125. The predicted octanol–water partition coefficient (Wildman–Crippen LogP) is 6.37. The lowest BCUT2D eigenvalue weighted by atomic mass is 10.2. The second-order valence-corrected chi connectivity index (χ2v) is 9.66. The van der Waals surface area contributed by atoms with E-state index in [0.29, 0.717) is 32.4 Å². The maximum atomic E-state index is 12.3. The van der Waals surface area contributed by atoms with Gasteiger partial charge in [-0.25, -0.2) is 5.43 Å². The molecule has 0 aliphatic rings. The Hall–Kier alpha value is -2.39. The number of rotatable bonds is 8. The van der Waals surface area contributed by atoms with Gasteiger partial charge in [-0.05, 0) is 92.4 Å². The fourth-order valence-corrected chi connectivity index (χ4v) is 4.05. The van der Waals surface area contributed by atoms with Crippen molar-refractivity contribution >= 4 is 73.1 Å². The summed E-state index contributed by atoms with van der Waals surface area (Å²) in [4.78, 5) is 24.6. The molecule has 176 valence electrons. The minimum Gasteiger partial charge on any atom is -0.488 e. The number of halogens is 4. The van der Waals surface area contributed by atoms with Crippen LogP contribution in [0.3, 0.4) is 0 Å². The fourth-order valence-electron chi connectivity index (χ4n) is 2.76. The number of hydrogen-bond donors (Lipinski definition) is 2. The Kier molecular flexibility index (Phi) is 9.53. The average Bonchev–Trinajstić information content (AvgIpc) is 2.80. The van der Waals surface area contributed by atoms with Crippen LogP contribution in [0.4, 0.5) is 0 Å². The van der Waals surface area contributed by atoms with Gasteiger partial charge in [0.15, 0.2) is 0 Å². The summed E-state index contributed by atoms with van der Waals surface area (Å²) in [6.45, 7) is 1.90. The van der Waals surface area contributed by atoms with Crippen molar-refractivity contribution in [3.8, 4) is 5.75 Å². The third-order valence-electron chi connectivity index (χ3n) is 4.58. The molecule has 0 heterocycles. The summed E-state index contributed by atoms with van der Waals surface area (Å²) >= 11 is 18.8. The maximum absolute atomic E-state index is 12.3. The Bertz CT molecular complexity index is 1240. The van der Waals surface area contributed by atoms with Crippen LogP contribution in [0.5, 0.6) is 5.75 Å². The smallest absolute Gasteiger partial charge is 0.262 e. The summed E-state index contributed by atoms with van der Waals surface area (Å²) in [5.74, 6) is -0.174. The highest BCUT2D eigenvalue weighted by Crippen LogP contribution is 2.28. The molecule has 0 radical (unpaired) electrons. The van der Waals surface area contributed by atoms with E-state index < -0.39 is 11.9 Å². The van der Waals surface area contributed by atoms with E-state index in [2.05, 4.69) is 47.7 Å². The zero-order valence-corrected chi connectivity index (χ0v) is 22.5. The summed E-state index contributed by atoms with van der Waals surface area (Å²) in [5, 5.41) is 7.57. The van der Waals surface area contributed by atoms with Gasteiger partial charge in [-0.15, -0.1) is 0 Å². The number of carbonyl (C=O) groups is 2. The number of nitrogens with one attached hydrogen (secondary N) is 2. The largest absolute Gasteiger partial charge is 0.488 e. The van der Waals surface area contributed by atoms with Crippen LogP contribution in [-0.2, 0) is 11.4 Å². The molecular formula is C24H19Br2Cl2N3O3.